The number of nitrogen functional groups attached to an aromatic ring is 1. The normalized spacial score (nSPS) is 12.9. The number of sulfonamides is 1. The van der Waals surface area contributed by atoms with E-state index < -0.39 is 10.0 Å². The van der Waals surface area contributed by atoms with Crippen molar-refractivity contribution in [2.24, 2.45) is 0 Å². The maximum absolute atomic E-state index is 12.9. The number of amides is 1. The molecule has 0 radical (unpaired) electrons. The molecule has 1 aliphatic heterocycles. The number of hydrogen-bond acceptors (Lipinski definition) is 10. The second-order valence-electron chi connectivity index (χ2n) is 8.67. The number of anilines is 4. The number of nitrogens with one attached hydrogen (secondary N) is 3. The summed E-state index contributed by atoms with van der Waals surface area (Å²) in [4.78, 5) is 24.5. The second kappa shape index (κ2) is 9.56. The van der Waals surface area contributed by atoms with Gasteiger partial charge in [-0.25, -0.2) is 8.42 Å². The number of furan rings is 1. The van der Waals surface area contributed by atoms with Gasteiger partial charge in [0.2, 0.25) is 23.6 Å². The zero-order valence-corrected chi connectivity index (χ0v) is 21.6. The monoisotopic (exact) mass is 565 g/mol. The fourth-order valence-corrected chi connectivity index (χ4v) is 5.58. The molecule has 5 aromatic rings. The molecule has 0 spiro atoms. The zero-order valence-electron chi connectivity index (χ0n) is 20.1. The Morgan fingerprint density at radius 2 is 1.95 bits per heavy atom. The van der Waals surface area contributed by atoms with Crippen LogP contribution in [0.3, 0.4) is 0 Å². The Labute approximate surface area is 226 Å². The molecule has 13 nitrogen and oxygen atoms in total. The lowest BCUT2D eigenvalue weighted by atomic mass is 10.1. The first-order chi connectivity index (χ1) is 18.7. The van der Waals surface area contributed by atoms with Crippen molar-refractivity contribution < 1.29 is 17.6 Å². The zero-order chi connectivity index (χ0) is 27.1. The topological polar surface area (TPSA) is 182 Å². The molecular formula is C24H20ClN9O4S. The highest BCUT2D eigenvalue weighted by atomic mass is 35.5. The van der Waals surface area contributed by atoms with Crippen LogP contribution in [0.5, 0.6) is 0 Å². The molecule has 1 aliphatic rings. The van der Waals surface area contributed by atoms with Crippen LogP contribution >= 0.6 is 11.6 Å². The maximum atomic E-state index is 12.9. The number of nitrogens with two attached hydrogens (primary N) is 1. The Bertz CT molecular complexity index is 1820. The first kappa shape index (κ1) is 24.6. The lowest BCUT2D eigenvalue weighted by Gasteiger charge is -2.11. The van der Waals surface area contributed by atoms with Crippen LogP contribution in [0.15, 0.2) is 64.1 Å². The molecule has 0 atom stereocenters. The Hall–Kier alpha value is -4.69. The van der Waals surface area contributed by atoms with Crippen molar-refractivity contribution in [3.8, 4) is 11.6 Å². The van der Waals surface area contributed by atoms with Gasteiger partial charge in [0.05, 0.1) is 28.3 Å². The van der Waals surface area contributed by atoms with E-state index in [2.05, 4.69) is 35.4 Å². The van der Waals surface area contributed by atoms with E-state index in [-0.39, 0.29) is 34.0 Å². The molecule has 0 unspecified atom stereocenters. The van der Waals surface area contributed by atoms with E-state index in [0.717, 1.165) is 5.56 Å². The maximum Gasteiger partial charge on any atom is 0.261 e. The average Bonchev–Trinajstić information content (AvgIpc) is 3.64. The fraction of sp³-hybridized carbons (Fsp3) is 0.125. The average molecular weight is 566 g/mol. The summed E-state index contributed by atoms with van der Waals surface area (Å²) in [5.41, 5.74) is 8.35. The quantitative estimate of drug-likeness (QED) is 0.218. The van der Waals surface area contributed by atoms with Crippen LogP contribution in [0, 0.1) is 0 Å². The minimum Gasteiger partial charge on any atom is -0.461 e. The molecule has 0 fully saturated rings. The fourth-order valence-electron chi connectivity index (χ4n) is 4.09. The third-order valence-corrected chi connectivity index (χ3v) is 7.61. The third-order valence-electron chi connectivity index (χ3n) is 5.95. The number of benzene rings is 2. The molecule has 0 bridgehead atoms. The first-order valence-corrected chi connectivity index (χ1v) is 13.5. The van der Waals surface area contributed by atoms with E-state index >= 15 is 0 Å². The lowest BCUT2D eigenvalue weighted by Crippen LogP contribution is -2.14. The highest BCUT2D eigenvalue weighted by Gasteiger charge is 2.25. The highest BCUT2D eigenvalue weighted by molar-refractivity contribution is 7.92. The van der Waals surface area contributed by atoms with Crippen LogP contribution in [0.2, 0.25) is 5.02 Å². The second-order valence-corrected chi connectivity index (χ2v) is 10.8. The Kier molecular flexibility index (Phi) is 6.04. The summed E-state index contributed by atoms with van der Waals surface area (Å²) in [6.45, 7) is 0.486. The molecule has 15 heteroatoms. The van der Waals surface area contributed by atoms with E-state index in [1.165, 1.54) is 22.9 Å². The Morgan fingerprint density at radius 1 is 1.13 bits per heavy atom. The molecular weight excluding hydrogens is 546 g/mol. The molecule has 2 aromatic carbocycles. The van der Waals surface area contributed by atoms with Crippen LogP contribution in [0.25, 0.3) is 17.4 Å². The van der Waals surface area contributed by atoms with Crippen molar-refractivity contribution in [3.63, 3.8) is 0 Å². The summed E-state index contributed by atoms with van der Waals surface area (Å²) in [6, 6.07) is 13.2. The van der Waals surface area contributed by atoms with E-state index in [9.17, 15) is 13.2 Å². The summed E-state index contributed by atoms with van der Waals surface area (Å²) >= 11 is 6.18. The number of hydrogen-bond donors (Lipinski definition) is 4. The molecule has 0 saturated heterocycles. The van der Waals surface area contributed by atoms with E-state index in [0.29, 0.717) is 47.4 Å². The lowest BCUT2D eigenvalue weighted by molar-refractivity contribution is -0.115. The van der Waals surface area contributed by atoms with Crippen LogP contribution < -0.4 is 21.1 Å². The van der Waals surface area contributed by atoms with Gasteiger partial charge >= 0.3 is 0 Å². The van der Waals surface area contributed by atoms with Gasteiger partial charge in [-0.1, -0.05) is 23.7 Å². The van der Waals surface area contributed by atoms with E-state index in [1.54, 1.807) is 24.3 Å². The predicted molar refractivity (Wildman–Crippen MR) is 144 cm³/mol. The number of carbonyl (C=O) groups excluding carboxylic acids is 1. The van der Waals surface area contributed by atoms with Gasteiger partial charge in [0.1, 0.15) is 0 Å². The highest BCUT2D eigenvalue weighted by Crippen LogP contribution is 2.34. The summed E-state index contributed by atoms with van der Waals surface area (Å²) in [5, 5.41) is 10.2. The predicted octanol–water partition coefficient (Wildman–Crippen LogP) is 2.96. The van der Waals surface area contributed by atoms with Gasteiger partial charge in [-0.15, -0.1) is 5.10 Å². The van der Waals surface area contributed by atoms with Crippen molar-refractivity contribution in [1.82, 2.24) is 24.6 Å². The summed E-state index contributed by atoms with van der Waals surface area (Å²) < 4.78 is 35.0. The van der Waals surface area contributed by atoms with Crippen molar-refractivity contribution in [2.75, 3.05) is 27.6 Å². The van der Waals surface area contributed by atoms with E-state index in [1.807, 2.05) is 12.1 Å². The molecule has 6 rings (SSSR count). The molecule has 39 heavy (non-hydrogen) atoms. The Morgan fingerprint density at radius 3 is 2.72 bits per heavy atom. The molecule has 0 saturated carbocycles. The summed E-state index contributed by atoms with van der Waals surface area (Å²) in [6.07, 6.45) is 2.21. The summed E-state index contributed by atoms with van der Waals surface area (Å²) in [7, 11) is -3.91. The molecule has 198 valence electrons. The standard InChI is InChI=1S/C24H20ClN9O4S/c25-17-12-16(10-14-11-19(35)28-20(14)17)39(36,37)33-15-5-3-13(4-6-15)7-8-27-23-30-22(26)34-24(31-23)29-21(32-34)18-2-1-9-38-18/h1-6,9-10,12,33H,7-8,11H2,(H,28,35)(H3,26,27,29,30,31,32). The van der Waals surface area contributed by atoms with Gasteiger partial charge in [-0.05, 0) is 53.9 Å². The van der Waals surface area contributed by atoms with Crippen molar-refractivity contribution in [1.29, 1.82) is 0 Å². The Balaban J connectivity index is 1.09. The smallest absolute Gasteiger partial charge is 0.261 e. The molecule has 5 N–H and O–H groups in total. The van der Waals surface area contributed by atoms with Crippen LogP contribution in [0.1, 0.15) is 11.1 Å². The number of halogens is 1. The van der Waals surface area contributed by atoms with Gasteiger partial charge in [0, 0.05) is 12.2 Å². The van der Waals surface area contributed by atoms with Gasteiger partial charge in [-0.2, -0.15) is 19.5 Å². The SMILES string of the molecule is Nc1nc(NCCc2ccc(NS(=O)(=O)c3cc(Cl)c4c(c3)CC(=O)N4)cc2)nc2nc(-c3ccco3)nn12. The minimum absolute atomic E-state index is 0.0174. The van der Waals surface area contributed by atoms with Crippen molar-refractivity contribution in [2.45, 2.75) is 17.7 Å². The number of nitrogens with zero attached hydrogens (tertiary/aromatic N) is 5. The molecule has 1 amide bonds. The van der Waals surface area contributed by atoms with Crippen molar-refractivity contribution >= 4 is 56.6 Å². The number of carbonyl (C=O) groups is 1. The van der Waals surface area contributed by atoms with Crippen molar-refractivity contribution in [3.05, 3.63) is 70.9 Å². The van der Waals surface area contributed by atoms with Crippen LogP contribution in [-0.4, -0.2) is 45.4 Å². The number of aromatic nitrogens is 5. The largest absolute Gasteiger partial charge is 0.461 e. The van der Waals surface area contributed by atoms with Crippen LogP contribution in [0.4, 0.5) is 23.3 Å². The third kappa shape index (κ3) is 4.94. The molecule has 4 heterocycles. The van der Waals surface area contributed by atoms with Gasteiger partial charge in [0.25, 0.3) is 15.8 Å². The molecule has 0 aliphatic carbocycles. The van der Waals surface area contributed by atoms with Gasteiger partial charge in [0.15, 0.2) is 5.76 Å². The molecule has 3 aromatic heterocycles. The van der Waals surface area contributed by atoms with Crippen LogP contribution in [-0.2, 0) is 27.7 Å². The minimum atomic E-state index is -3.91. The first-order valence-electron chi connectivity index (χ1n) is 11.7. The van der Waals surface area contributed by atoms with Gasteiger partial charge in [-0.3, -0.25) is 9.52 Å². The van der Waals surface area contributed by atoms with Gasteiger partial charge < -0.3 is 20.8 Å². The summed E-state index contributed by atoms with van der Waals surface area (Å²) in [5.74, 6) is 1.31. The number of fused-ring (bicyclic) bond motifs is 2. The number of rotatable bonds is 8. The van der Waals surface area contributed by atoms with E-state index in [4.69, 9.17) is 21.8 Å².